The number of fused-ring (bicyclic) bond motifs is 1. The molecule has 3 rings (SSSR count). The molecule has 0 radical (unpaired) electrons. The zero-order valence-electron chi connectivity index (χ0n) is 11.7. The molecule has 1 fully saturated rings. The van der Waals surface area contributed by atoms with Crippen LogP contribution in [0.25, 0.3) is 11.2 Å². The fraction of sp³-hybridized carbons (Fsp3) is 0.500. The average molecular weight is 362 g/mol. The lowest BCUT2D eigenvalue weighted by Gasteiger charge is -2.30. The zero-order chi connectivity index (χ0) is 17.6. The topological polar surface area (TPSA) is 206 Å². The summed E-state index contributed by atoms with van der Waals surface area (Å²) >= 11 is 0. The average Bonchev–Trinajstić information content (AvgIpc) is 3.00. The first kappa shape index (κ1) is 17.0. The standard InChI is InChI=1S/C10H13N4O9P/c15-5-3(1-22-24(19,20)21)23-9(6(5)16)14-2-11-4-7(14)12-10(18)13-8(4)17/h2-3,5-6,9,15-16H,1H2,(H2,19,20,21)(H2,12,13,17,18)/p-2/t3-,5+,6?,9-/m1/s1. The Bertz CT molecular complexity index is 913. The Morgan fingerprint density at radius 2 is 2.04 bits per heavy atom. The molecule has 0 bridgehead atoms. The second-order valence-electron chi connectivity index (χ2n) is 5.05. The largest absolute Gasteiger partial charge is 0.790 e. The quantitative estimate of drug-likeness (QED) is 0.386. The van der Waals surface area contributed by atoms with Gasteiger partial charge in [0.2, 0.25) is 0 Å². The van der Waals surface area contributed by atoms with Gasteiger partial charge in [-0.15, -0.1) is 0 Å². The molecular weight excluding hydrogens is 351 g/mol. The summed E-state index contributed by atoms with van der Waals surface area (Å²) in [4.78, 5) is 52.0. The van der Waals surface area contributed by atoms with Crippen LogP contribution in [-0.2, 0) is 13.8 Å². The summed E-state index contributed by atoms with van der Waals surface area (Å²) in [7, 11) is -5.28. The fourth-order valence-electron chi connectivity index (χ4n) is 2.41. The maximum absolute atomic E-state index is 11.6. The fourth-order valence-corrected chi connectivity index (χ4v) is 2.74. The summed E-state index contributed by atoms with van der Waals surface area (Å²) in [6, 6.07) is 0. The summed E-state index contributed by atoms with van der Waals surface area (Å²) in [5, 5.41) is 19.9. The predicted molar refractivity (Wildman–Crippen MR) is 70.5 cm³/mol. The number of rotatable bonds is 4. The molecular formula is C10H11N4O9P-2. The van der Waals surface area contributed by atoms with E-state index in [1.54, 1.807) is 0 Å². The Kier molecular flexibility index (Phi) is 4.17. The van der Waals surface area contributed by atoms with Gasteiger partial charge in [-0.1, -0.05) is 0 Å². The molecule has 1 aliphatic rings. The SMILES string of the molecule is O=c1[nH]c(=O)c2ncn([C@@H]3O[C@H](COP(=O)([O-])[O-])[C@H](O)C3O)c2[nH]1. The Balaban J connectivity index is 1.92. The van der Waals surface area contributed by atoms with E-state index in [1.165, 1.54) is 0 Å². The van der Waals surface area contributed by atoms with Gasteiger partial charge >= 0.3 is 5.69 Å². The molecule has 132 valence electrons. The highest BCUT2D eigenvalue weighted by Gasteiger charge is 2.44. The van der Waals surface area contributed by atoms with Crippen LogP contribution in [0.3, 0.4) is 0 Å². The Labute approximate surface area is 131 Å². The van der Waals surface area contributed by atoms with Crippen molar-refractivity contribution in [2.24, 2.45) is 0 Å². The number of hydrogen-bond donors (Lipinski definition) is 4. The summed E-state index contributed by atoms with van der Waals surface area (Å²) in [6.45, 7) is -0.803. The number of aromatic amines is 2. The van der Waals surface area contributed by atoms with Crippen molar-refractivity contribution in [3.8, 4) is 0 Å². The molecule has 4 atom stereocenters. The van der Waals surface area contributed by atoms with Gasteiger partial charge in [-0.05, 0) is 0 Å². The number of H-pyrrole nitrogens is 2. The van der Waals surface area contributed by atoms with Crippen molar-refractivity contribution in [1.82, 2.24) is 19.5 Å². The number of hydrogen-bond acceptors (Lipinski definition) is 10. The van der Waals surface area contributed by atoms with Gasteiger partial charge in [-0.2, -0.15) is 0 Å². The van der Waals surface area contributed by atoms with Gasteiger partial charge in [0.1, 0.15) is 24.0 Å². The zero-order valence-corrected chi connectivity index (χ0v) is 12.6. The van der Waals surface area contributed by atoms with E-state index in [4.69, 9.17) is 4.74 Å². The summed E-state index contributed by atoms with van der Waals surface area (Å²) < 4.78 is 20.9. The van der Waals surface area contributed by atoms with Crippen molar-refractivity contribution in [1.29, 1.82) is 0 Å². The van der Waals surface area contributed by atoms with E-state index in [2.05, 4.69) is 14.5 Å². The number of aliphatic hydroxyl groups is 2. The minimum Gasteiger partial charge on any atom is -0.790 e. The molecule has 4 N–H and O–H groups in total. The summed E-state index contributed by atoms with van der Waals surface area (Å²) in [5.41, 5.74) is -1.79. The van der Waals surface area contributed by atoms with Gasteiger partial charge in [0, 0.05) is 0 Å². The van der Waals surface area contributed by atoms with Gasteiger partial charge in [0.05, 0.1) is 20.8 Å². The number of phosphoric ester groups is 1. The first-order valence-electron chi connectivity index (χ1n) is 6.55. The molecule has 1 unspecified atom stereocenters. The highest BCUT2D eigenvalue weighted by Crippen LogP contribution is 2.33. The van der Waals surface area contributed by atoms with E-state index in [-0.39, 0.29) is 11.2 Å². The van der Waals surface area contributed by atoms with E-state index in [0.717, 1.165) is 10.9 Å². The Hall–Kier alpha value is -1.86. The normalized spacial score (nSPS) is 27.8. The predicted octanol–water partition coefficient (Wildman–Crippen LogP) is -4.12. The third kappa shape index (κ3) is 3.06. The molecule has 2 aromatic rings. The van der Waals surface area contributed by atoms with Crippen molar-refractivity contribution in [2.75, 3.05) is 6.61 Å². The first-order chi connectivity index (χ1) is 11.2. The monoisotopic (exact) mass is 362 g/mol. The highest BCUT2D eigenvalue weighted by atomic mass is 31.2. The van der Waals surface area contributed by atoms with Crippen molar-refractivity contribution >= 4 is 19.0 Å². The van der Waals surface area contributed by atoms with E-state index < -0.39 is 50.2 Å². The molecule has 3 heterocycles. The molecule has 1 aliphatic heterocycles. The van der Waals surface area contributed by atoms with Gasteiger partial charge in [-0.25, -0.2) is 9.78 Å². The van der Waals surface area contributed by atoms with E-state index in [1.807, 2.05) is 4.98 Å². The Morgan fingerprint density at radius 1 is 1.33 bits per heavy atom. The smallest absolute Gasteiger partial charge is 0.327 e. The summed E-state index contributed by atoms with van der Waals surface area (Å²) in [6.07, 6.45) is -4.67. The van der Waals surface area contributed by atoms with Crippen LogP contribution < -0.4 is 21.0 Å². The van der Waals surface area contributed by atoms with Crippen LogP contribution in [0.2, 0.25) is 0 Å². The van der Waals surface area contributed by atoms with Gasteiger partial charge in [0.25, 0.3) is 5.56 Å². The number of aliphatic hydroxyl groups excluding tert-OH is 2. The minimum absolute atomic E-state index is 0.0695. The second kappa shape index (κ2) is 5.89. The summed E-state index contributed by atoms with van der Waals surface area (Å²) in [5.74, 6) is 0. The van der Waals surface area contributed by atoms with Gasteiger partial charge < -0.3 is 33.8 Å². The maximum atomic E-state index is 11.6. The van der Waals surface area contributed by atoms with Gasteiger partial charge in [-0.3, -0.25) is 19.3 Å². The molecule has 0 amide bonds. The van der Waals surface area contributed by atoms with Gasteiger partial charge in [0.15, 0.2) is 11.7 Å². The van der Waals surface area contributed by atoms with Crippen molar-refractivity contribution in [2.45, 2.75) is 24.5 Å². The molecule has 2 aromatic heterocycles. The number of nitrogens with zero attached hydrogens (tertiary/aromatic N) is 2. The van der Waals surface area contributed by atoms with E-state index in [9.17, 15) is 34.2 Å². The molecule has 14 heteroatoms. The molecule has 0 spiro atoms. The molecule has 13 nitrogen and oxygen atoms in total. The molecule has 1 saturated heterocycles. The first-order valence-corrected chi connectivity index (χ1v) is 8.01. The van der Waals surface area contributed by atoms with Crippen LogP contribution in [0.15, 0.2) is 15.9 Å². The van der Waals surface area contributed by atoms with E-state index in [0.29, 0.717) is 0 Å². The lowest BCUT2D eigenvalue weighted by Crippen LogP contribution is -2.34. The lowest BCUT2D eigenvalue weighted by molar-refractivity contribution is -0.343. The molecule has 0 aromatic carbocycles. The second-order valence-corrected chi connectivity index (χ2v) is 6.20. The van der Waals surface area contributed by atoms with Crippen molar-refractivity contribution in [3.05, 3.63) is 27.2 Å². The third-order valence-corrected chi connectivity index (χ3v) is 3.94. The van der Waals surface area contributed by atoms with Crippen molar-refractivity contribution in [3.63, 3.8) is 0 Å². The van der Waals surface area contributed by atoms with Crippen LogP contribution in [0.4, 0.5) is 0 Å². The van der Waals surface area contributed by atoms with Crippen molar-refractivity contribution < 1.29 is 33.8 Å². The van der Waals surface area contributed by atoms with Crippen LogP contribution in [-0.4, -0.2) is 54.7 Å². The minimum atomic E-state index is -5.28. The van der Waals surface area contributed by atoms with Crippen LogP contribution in [0.5, 0.6) is 0 Å². The number of imidazole rings is 1. The molecule has 0 aliphatic carbocycles. The Morgan fingerprint density at radius 3 is 2.71 bits per heavy atom. The van der Waals surface area contributed by atoms with Crippen LogP contribution >= 0.6 is 7.82 Å². The molecule has 24 heavy (non-hydrogen) atoms. The van der Waals surface area contributed by atoms with Crippen LogP contribution in [0, 0.1) is 0 Å². The molecule has 0 saturated carbocycles. The highest BCUT2D eigenvalue weighted by molar-refractivity contribution is 7.43. The third-order valence-electron chi connectivity index (χ3n) is 3.48. The maximum Gasteiger partial charge on any atom is 0.327 e. The number of phosphoric acid groups is 1. The lowest BCUT2D eigenvalue weighted by atomic mass is 10.1. The van der Waals surface area contributed by atoms with Crippen LogP contribution in [0.1, 0.15) is 6.23 Å². The van der Waals surface area contributed by atoms with E-state index >= 15 is 0 Å². The number of ether oxygens (including phenoxy) is 1. The number of aromatic nitrogens is 4. The number of nitrogens with one attached hydrogen (secondary N) is 2.